The Bertz CT molecular complexity index is 898. The van der Waals surface area contributed by atoms with Crippen LogP contribution in [-0.2, 0) is 20.7 Å². The van der Waals surface area contributed by atoms with Crippen LogP contribution in [0.25, 0.3) is 0 Å². The molecule has 6 heteroatoms. The second-order valence-electron chi connectivity index (χ2n) is 9.48. The molecule has 0 saturated carbocycles. The van der Waals surface area contributed by atoms with Crippen molar-refractivity contribution in [1.82, 2.24) is 9.80 Å². The number of thiophene rings is 1. The highest BCUT2D eigenvalue weighted by Crippen LogP contribution is 2.37. The first-order chi connectivity index (χ1) is 17.2. The van der Waals surface area contributed by atoms with Crippen molar-refractivity contribution in [2.75, 3.05) is 33.4 Å². The minimum Gasteiger partial charge on any atom is -0.385 e. The Morgan fingerprint density at radius 2 is 1.77 bits per heavy atom. The van der Waals surface area contributed by atoms with Crippen LogP contribution in [0.2, 0.25) is 0 Å². The van der Waals surface area contributed by atoms with Crippen molar-refractivity contribution >= 4 is 23.2 Å². The van der Waals surface area contributed by atoms with Gasteiger partial charge < -0.3 is 14.5 Å². The van der Waals surface area contributed by atoms with Crippen LogP contribution in [0.4, 0.5) is 0 Å². The van der Waals surface area contributed by atoms with Crippen molar-refractivity contribution < 1.29 is 14.3 Å². The SMILES string of the molecule is CCCCCCCCCC(=O)N(CCCOC)CC(=O)N1CCc2sccc2C1c1ccccc1. The van der Waals surface area contributed by atoms with Crippen molar-refractivity contribution in [3.05, 3.63) is 57.8 Å². The molecule has 0 spiro atoms. The minimum absolute atomic E-state index is 0.0287. The number of ether oxygens (including phenoxy) is 1. The number of benzene rings is 1. The first-order valence-corrected chi connectivity index (χ1v) is 14.2. The van der Waals surface area contributed by atoms with E-state index < -0.39 is 0 Å². The maximum absolute atomic E-state index is 13.6. The zero-order chi connectivity index (χ0) is 24.9. The van der Waals surface area contributed by atoms with E-state index in [2.05, 4.69) is 30.5 Å². The van der Waals surface area contributed by atoms with Crippen LogP contribution < -0.4 is 0 Å². The standard InChI is InChI=1S/C29H42N2O3S/c1-3-4-5-6-7-8-12-16-27(32)30(19-13-21-34-2)23-28(33)31-20-17-26-25(18-22-35-26)29(31)24-14-10-9-11-15-24/h9-11,14-15,18,22,29H,3-8,12-13,16-17,19-21,23H2,1-2H3. The van der Waals surface area contributed by atoms with Crippen molar-refractivity contribution in [3.63, 3.8) is 0 Å². The smallest absolute Gasteiger partial charge is 0.242 e. The zero-order valence-corrected chi connectivity index (χ0v) is 22.4. The molecule has 0 N–H and O–H groups in total. The van der Waals surface area contributed by atoms with Crippen LogP contribution in [0, 0.1) is 0 Å². The lowest BCUT2D eigenvalue weighted by Crippen LogP contribution is -2.47. The fourth-order valence-electron chi connectivity index (χ4n) is 4.92. The third-order valence-electron chi connectivity index (χ3n) is 6.85. The van der Waals surface area contributed by atoms with Gasteiger partial charge in [-0.25, -0.2) is 0 Å². The number of fused-ring (bicyclic) bond motifs is 1. The van der Waals surface area contributed by atoms with Gasteiger partial charge in [0.2, 0.25) is 11.8 Å². The molecule has 1 atom stereocenters. The largest absolute Gasteiger partial charge is 0.385 e. The first-order valence-electron chi connectivity index (χ1n) is 13.3. The second-order valence-corrected chi connectivity index (χ2v) is 10.5. The summed E-state index contributed by atoms with van der Waals surface area (Å²) in [6, 6.07) is 12.3. The quantitative estimate of drug-likeness (QED) is 0.274. The molecule has 35 heavy (non-hydrogen) atoms. The van der Waals surface area contributed by atoms with E-state index in [4.69, 9.17) is 4.74 Å². The molecule has 0 bridgehead atoms. The van der Waals surface area contributed by atoms with E-state index in [0.717, 1.165) is 31.2 Å². The molecule has 0 fully saturated rings. The molecule has 0 saturated heterocycles. The molecule has 1 aromatic carbocycles. The average molecular weight is 499 g/mol. The van der Waals surface area contributed by atoms with E-state index in [-0.39, 0.29) is 24.4 Å². The van der Waals surface area contributed by atoms with Gasteiger partial charge in [0.05, 0.1) is 12.6 Å². The summed E-state index contributed by atoms with van der Waals surface area (Å²) >= 11 is 1.77. The number of amides is 2. The Hall–Kier alpha value is -2.18. The molecule has 2 heterocycles. The molecule has 0 aliphatic carbocycles. The Labute approximate surface area is 215 Å². The molecule has 3 rings (SSSR count). The summed E-state index contributed by atoms with van der Waals surface area (Å²) in [6.07, 6.45) is 10.4. The van der Waals surface area contributed by atoms with Crippen molar-refractivity contribution in [3.8, 4) is 0 Å². The molecule has 5 nitrogen and oxygen atoms in total. The van der Waals surface area contributed by atoms with Gasteiger partial charge in [0.1, 0.15) is 0 Å². The van der Waals surface area contributed by atoms with Crippen LogP contribution in [0.3, 0.4) is 0 Å². The highest BCUT2D eigenvalue weighted by Gasteiger charge is 2.33. The number of carbonyl (C=O) groups excluding carboxylic acids is 2. The number of nitrogens with zero attached hydrogens (tertiary/aromatic N) is 2. The minimum atomic E-state index is -0.0854. The van der Waals surface area contributed by atoms with Crippen LogP contribution >= 0.6 is 11.3 Å². The van der Waals surface area contributed by atoms with Gasteiger partial charge in [-0.1, -0.05) is 75.8 Å². The van der Waals surface area contributed by atoms with Gasteiger partial charge in [-0.15, -0.1) is 11.3 Å². The second kappa shape index (κ2) is 15.0. The van der Waals surface area contributed by atoms with Gasteiger partial charge in [-0.05, 0) is 41.8 Å². The number of carbonyl (C=O) groups is 2. The predicted octanol–water partition coefficient (Wildman–Crippen LogP) is 6.23. The van der Waals surface area contributed by atoms with Crippen molar-refractivity contribution in [2.24, 2.45) is 0 Å². The molecule has 1 aliphatic heterocycles. The number of hydrogen-bond donors (Lipinski definition) is 0. The molecule has 2 aromatic rings. The number of rotatable bonds is 15. The lowest BCUT2D eigenvalue weighted by Gasteiger charge is -2.37. The predicted molar refractivity (Wildman–Crippen MR) is 144 cm³/mol. The number of hydrogen-bond acceptors (Lipinski definition) is 4. The lowest BCUT2D eigenvalue weighted by atomic mass is 9.93. The molecule has 0 radical (unpaired) electrons. The Morgan fingerprint density at radius 3 is 2.51 bits per heavy atom. The zero-order valence-electron chi connectivity index (χ0n) is 21.5. The van der Waals surface area contributed by atoms with Gasteiger partial charge in [0.25, 0.3) is 0 Å². The van der Waals surface area contributed by atoms with Crippen LogP contribution in [0.15, 0.2) is 41.8 Å². The lowest BCUT2D eigenvalue weighted by molar-refractivity contribution is -0.142. The number of methoxy groups -OCH3 is 1. The Kier molecular flexibility index (Phi) is 11.8. The van der Waals surface area contributed by atoms with Gasteiger partial charge in [-0.3, -0.25) is 9.59 Å². The summed E-state index contributed by atoms with van der Waals surface area (Å²) in [5.74, 6) is 0.119. The Balaban J connectivity index is 1.63. The molecule has 192 valence electrons. The van der Waals surface area contributed by atoms with E-state index in [0.29, 0.717) is 26.1 Å². The van der Waals surface area contributed by atoms with E-state index in [1.165, 1.54) is 42.5 Å². The fraction of sp³-hybridized carbons (Fsp3) is 0.586. The van der Waals surface area contributed by atoms with E-state index >= 15 is 0 Å². The summed E-state index contributed by atoms with van der Waals surface area (Å²) in [6.45, 7) is 4.20. The highest BCUT2D eigenvalue weighted by atomic mass is 32.1. The van der Waals surface area contributed by atoms with Crippen LogP contribution in [-0.4, -0.2) is 55.0 Å². The molecule has 1 aromatic heterocycles. The Morgan fingerprint density at radius 1 is 1.03 bits per heavy atom. The van der Waals surface area contributed by atoms with Crippen molar-refractivity contribution in [2.45, 2.75) is 77.2 Å². The first kappa shape index (κ1) is 27.4. The summed E-state index contributed by atoms with van der Waals surface area (Å²) in [7, 11) is 1.67. The fourth-order valence-corrected chi connectivity index (χ4v) is 5.82. The van der Waals surface area contributed by atoms with E-state index in [1.807, 2.05) is 23.1 Å². The molecular weight excluding hydrogens is 456 g/mol. The van der Waals surface area contributed by atoms with Crippen LogP contribution in [0.5, 0.6) is 0 Å². The van der Waals surface area contributed by atoms with E-state index in [9.17, 15) is 9.59 Å². The van der Waals surface area contributed by atoms with Gasteiger partial charge in [-0.2, -0.15) is 0 Å². The average Bonchev–Trinajstić information content (AvgIpc) is 3.36. The monoisotopic (exact) mass is 498 g/mol. The summed E-state index contributed by atoms with van der Waals surface area (Å²) in [5, 5.41) is 2.12. The molecule has 2 amide bonds. The maximum atomic E-state index is 13.6. The van der Waals surface area contributed by atoms with Gasteiger partial charge >= 0.3 is 0 Å². The molecular formula is C29H42N2O3S. The van der Waals surface area contributed by atoms with Gasteiger partial charge in [0.15, 0.2) is 0 Å². The third kappa shape index (κ3) is 8.18. The highest BCUT2D eigenvalue weighted by molar-refractivity contribution is 7.10. The molecule has 1 aliphatic rings. The van der Waals surface area contributed by atoms with E-state index in [1.54, 1.807) is 23.3 Å². The summed E-state index contributed by atoms with van der Waals surface area (Å²) < 4.78 is 5.21. The summed E-state index contributed by atoms with van der Waals surface area (Å²) in [4.78, 5) is 31.9. The summed E-state index contributed by atoms with van der Waals surface area (Å²) in [5.41, 5.74) is 2.35. The van der Waals surface area contributed by atoms with Crippen molar-refractivity contribution in [1.29, 1.82) is 0 Å². The topological polar surface area (TPSA) is 49.9 Å². The normalized spacial score (nSPS) is 15.1. The third-order valence-corrected chi connectivity index (χ3v) is 7.85. The molecule has 1 unspecified atom stereocenters. The number of unbranched alkanes of at least 4 members (excludes halogenated alkanes) is 6. The van der Waals surface area contributed by atoms with Crippen LogP contribution in [0.1, 0.15) is 86.8 Å². The maximum Gasteiger partial charge on any atom is 0.242 e. The van der Waals surface area contributed by atoms with Gasteiger partial charge in [0, 0.05) is 38.1 Å².